The maximum absolute atomic E-state index is 9.51. The molecule has 0 N–H and O–H groups in total. The predicted molar refractivity (Wildman–Crippen MR) is 171 cm³/mol. The van der Waals surface area contributed by atoms with Crippen LogP contribution in [-0.4, -0.2) is 14.4 Å². The molecule has 9 rings (SSSR count). The van der Waals surface area contributed by atoms with Crippen molar-refractivity contribution in [2.75, 3.05) is 0 Å². The second-order valence-electron chi connectivity index (χ2n) is 11.8. The van der Waals surface area contributed by atoms with Crippen molar-refractivity contribution < 1.29 is 4.42 Å². The summed E-state index contributed by atoms with van der Waals surface area (Å²) in [6, 6.07) is 39.9. The second-order valence-corrected chi connectivity index (χ2v) is 11.8. The molecule has 0 bridgehead atoms. The van der Waals surface area contributed by atoms with Crippen LogP contribution in [0.5, 0.6) is 0 Å². The maximum Gasteiger partial charge on any atom is 0.307 e. The Morgan fingerprint density at radius 1 is 0.721 bits per heavy atom. The summed E-state index contributed by atoms with van der Waals surface area (Å²) in [5.41, 5.74) is 14.0. The predicted octanol–water partition coefficient (Wildman–Crippen LogP) is 9.29. The van der Waals surface area contributed by atoms with E-state index in [0.717, 1.165) is 55.4 Å². The molecule has 3 aromatic heterocycles. The lowest BCUT2D eigenvalue weighted by atomic mass is 9.81. The number of hydrogen-bond donors (Lipinski definition) is 0. The van der Waals surface area contributed by atoms with Crippen molar-refractivity contribution >= 4 is 38.9 Å². The van der Waals surface area contributed by atoms with Gasteiger partial charge in [-0.3, -0.25) is 4.40 Å². The number of aromatic nitrogens is 3. The third-order valence-electron chi connectivity index (χ3n) is 9.04. The van der Waals surface area contributed by atoms with Crippen LogP contribution in [0.2, 0.25) is 0 Å². The number of rotatable bonds is 2. The summed E-state index contributed by atoms with van der Waals surface area (Å²) >= 11 is 0. The molecule has 0 saturated heterocycles. The van der Waals surface area contributed by atoms with Crippen LogP contribution in [0.4, 0.5) is 0 Å². The number of pyridine rings is 1. The minimum Gasteiger partial charge on any atom is -0.423 e. The molecule has 43 heavy (non-hydrogen) atoms. The van der Waals surface area contributed by atoms with Crippen LogP contribution in [-0.2, 0) is 5.41 Å². The lowest BCUT2D eigenvalue weighted by Crippen LogP contribution is -2.15. The second kappa shape index (κ2) is 8.40. The molecule has 0 radical (unpaired) electrons. The van der Waals surface area contributed by atoms with Crippen molar-refractivity contribution in [3.8, 4) is 39.6 Å². The van der Waals surface area contributed by atoms with Gasteiger partial charge >= 0.3 is 5.84 Å². The van der Waals surface area contributed by atoms with E-state index in [1.165, 1.54) is 22.3 Å². The molecule has 202 valence electrons. The molecule has 5 nitrogen and oxygen atoms in total. The fraction of sp³-hybridized carbons (Fsp3) is 0.0789. The first kappa shape index (κ1) is 23.9. The van der Waals surface area contributed by atoms with E-state index in [1.807, 2.05) is 48.5 Å². The van der Waals surface area contributed by atoms with Gasteiger partial charge in [0.05, 0.1) is 28.4 Å². The van der Waals surface area contributed by atoms with Crippen LogP contribution in [0, 0.1) is 11.3 Å². The van der Waals surface area contributed by atoms with E-state index >= 15 is 0 Å². The fourth-order valence-electron chi connectivity index (χ4n) is 6.90. The minimum atomic E-state index is -0.206. The first-order valence-electron chi connectivity index (χ1n) is 14.4. The van der Waals surface area contributed by atoms with Gasteiger partial charge in [-0.15, -0.1) is 0 Å². The number of nitriles is 1. The quantitative estimate of drug-likeness (QED) is 0.214. The van der Waals surface area contributed by atoms with Crippen molar-refractivity contribution in [3.63, 3.8) is 0 Å². The standard InChI is InChI=1S/C38H24N4O/c1-38(2)29-18-22(21-39)14-16-26(29)27-17-15-24(20-30(27)38)23-8-7-9-25(19-23)34-36-35(28-10-3-4-11-31(28)40-34)41-37-42(36)32-12-5-6-13-33(32)43-37/h3-20H,1-2H3. The van der Waals surface area contributed by atoms with Gasteiger partial charge in [-0.2, -0.15) is 10.2 Å². The van der Waals surface area contributed by atoms with Gasteiger partial charge in [0.25, 0.3) is 0 Å². The Balaban J connectivity index is 1.26. The number of para-hydroxylation sites is 3. The molecule has 1 aliphatic rings. The van der Waals surface area contributed by atoms with E-state index in [-0.39, 0.29) is 5.41 Å². The molecule has 0 atom stereocenters. The highest BCUT2D eigenvalue weighted by Crippen LogP contribution is 2.50. The van der Waals surface area contributed by atoms with Gasteiger partial charge < -0.3 is 4.42 Å². The summed E-state index contributed by atoms with van der Waals surface area (Å²) in [4.78, 5) is 10.2. The van der Waals surface area contributed by atoms with Gasteiger partial charge in [0.1, 0.15) is 11.0 Å². The third-order valence-corrected chi connectivity index (χ3v) is 9.04. The van der Waals surface area contributed by atoms with Crippen LogP contribution >= 0.6 is 0 Å². The van der Waals surface area contributed by atoms with Gasteiger partial charge in [-0.05, 0) is 75.8 Å². The molecular formula is C38H24N4O. The van der Waals surface area contributed by atoms with Crippen molar-refractivity contribution in [2.45, 2.75) is 19.3 Å². The Labute approximate surface area is 247 Å². The molecule has 5 aromatic carbocycles. The van der Waals surface area contributed by atoms with Crippen LogP contribution in [0.15, 0.2) is 114 Å². The molecule has 1 aliphatic carbocycles. The van der Waals surface area contributed by atoms with Crippen LogP contribution in [0.1, 0.15) is 30.5 Å². The van der Waals surface area contributed by atoms with Crippen LogP contribution in [0.3, 0.4) is 0 Å². The molecule has 3 heterocycles. The monoisotopic (exact) mass is 552 g/mol. The lowest BCUT2D eigenvalue weighted by Gasteiger charge is -2.22. The van der Waals surface area contributed by atoms with Crippen molar-refractivity contribution in [1.29, 1.82) is 5.26 Å². The van der Waals surface area contributed by atoms with Crippen molar-refractivity contribution in [1.82, 2.24) is 14.4 Å². The zero-order valence-electron chi connectivity index (χ0n) is 23.6. The highest BCUT2D eigenvalue weighted by molar-refractivity contribution is 6.10. The van der Waals surface area contributed by atoms with E-state index in [4.69, 9.17) is 14.4 Å². The average molecular weight is 553 g/mol. The Morgan fingerprint density at radius 3 is 2.35 bits per heavy atom. The number of fused-ring (bicyclic) bond motifs is 10. The van der Waals surface area contributed by atoms with Gasteiger partial charge in [0, 0.05) is 16.4 Å². The summed E-state index contributed by atoms with van der Waals surface area (Å²) < 4.78 is 8.27. The molecule has 0 amide bonds. The van der Waals surface area contributed by atoms with Crippen LogP contribution in [0.25, 0.3) is 72.4 Å². The topological polar surface area (TPSA) is 67.1 Å². The maximum atomic E-state index is 9.51. The van der Waals surface area contributed by atoms with E-state index < -0.39 is 0 Å². The number of benzene rings is 5. The SMILES string of the molecule is CC1(C)c2cc(C#N)ccc2-c2ccc(-c3cccc(-c4nc5ccccc5c5nc6oc7ccccc7n6c45)c3)cc21. The molecule has 5 heteroatoms. The summed E-state index contributed by atoms with van der Waals surface area (Å²) in [6.45, 7) is 4.49. The molecule has 0 spiro atoms. The summed E-state index contributed by atoms with van der Waals surface area (Å²) in [5.74, 6) is 0.562. The number of oxazole rings is 1. The Bertz CT molecular complexity index is 2500. The number of imidazole rings is 1. The smallest absolute Gasteiger partial charge is 0.307 e. The average Bonchev–Trinajstić information content (AvgIpc) is 3.67. The Morgan fingerprint density at radius 2 is 1.47 bits per heavy atom. The highest BCUT2D eigenvalue weighted by atomic mass is 16.4. The van der Waals surface area contributed by atoms with E-state index in [2.05, 4.69) is 85.0 Å². The lowest BCUT2D eigenvalue weighted by molar-refractivity contribution is 0.643. The number of nitrogens with zero attached hydrogens (tertiary/aromatic N) is 4. The van der Waals surface area contributed by atoms with E-state index in [9.17, 15) is 5.26 Å². The Kier molecular flexibility index (Phi) is 4.68. The van der Waals surface area contributed by atoms with Crippen molar-refractivity contribution in [3.05, 3.63) is 126 Å². The minimum absolute atomic E-state index is 0.206. The molecule has 8 aromatic rings. The van der Waals surface area contributed by atoms with Crippen LogP contribution < -0.4 is 0 Å². The van der Waals surface area contributed by atoms with Gasteiger partial charge in [0.2, 0.25) is 0 Å². The normalized spacial score (nSPS) is 13.5. The molecule has 0 fully saturated rings. The summed E-state index contributed by atoms with van der Waals surface area (Å²) in [7, 11) is 0. The zero-order chi connectivity index (χ0) is 28.9. The van der Waals surface area contributed by atoms with Gasteiger partial charge in [-0.25, -0.2) is 4.98 Å². The van der Waals surface area contributed by atoms with E-state index in [0.29, 0.717) is 11.4 Å². The zero-order valence-corrected chi connectivity index (χ0v) is 23.6. The Hall–Kier alpha value is -5.73. The summed E-state index contributed by atoms with van der Waals surface area (Å²) in [6.07, 6.45) is 0. The van der Waals surface area contributed by atoms with Crippen molar-refractivity contribution in [2.24, 2.45) is 0 Å². The largest absolute Gasteiger partial charge is 0.423 e. The first-order chi connectivity index (χ1) is 21.0. The van der Waals surface area contributed by atoms with E-state index in [1.54, 1.807) is 0 Å². The molecule has 0 saturated carbocycles. The fourth-order valence-corrected chi connectivity index (χ4v) is 6.90. The third kappa shape index (κ3) is 3.26. The molecule has 0 unspecified atom stereocenters. The summed E-state index contributed by atoms with van der Waals surface area (Å²) in [5, 5.41) is 10.5. The molecule has 0 aliphatic heterocycles. The first-order valence-corrected chi connectivity index (χ1v) is 14.4. The highest BCUT2D eigenvalue weighted by Gasteiger charge is 2.35. The van der Waals surface area contributed by atoms with Gasteiger partial charge in [-0.1, -0.05) is 80.6 Å². The molecular weight excluding hydrogens is 528 g/mol. The van der Waals surface area contributed by atoms with Gasteiger partial charge in [0.15, 0.2) is 5.58 Å². The number of hydrogen-bond acceptors (Lipinski definition) is 4.